The summed E-state index contributed by atoms with van der Waals surface area (Å²) in [7, 11) is -4.75. The van der Waals surface area contributed by atoms with Crippen LogP contribution in [0.2, 0.25) is 0 Å². The molecule has 2 aromatic rings. The zero-order valence-electron chi connectivity index (χ0n) is 18.4. The van der Waals surface area contributed by atoms with Gasteiger partial charge in [0.05, 0.1) is 11.5 Å². The molecule has 0 bridgehead atoms. The Morgan fingerprint density at radius 2 is 1.88 bits per heavy atom. The number of para-hydroxylation sites is 1. The van der Waals surface area contributed by atoms with Gasteiger partial charge < -0.3 is 9.84 Å². The average Bonchev–Trinajstić information content (AvgIpc) is 3.23. The van der Waals surface area contributed by atoms with Crippen LogP contribution in [0.1, 0.15) is 49.3 Å². The van der Waals surface area contributed by atoms with E-state index in [0.717, 1.165) is 25.9 Å². The van der Waals surface area contributed by atoms with E-state index in [1.54, 1.807) is 42.5 Å². The summed E-state index contributed by atoms with van der Waals surface area (Å²) in [5.41, 5.74) is -1.20. The summed E-state index contributed by atoms with van der Waals surface area (Å²) < 4.78 is 48.6. The second kappa shape index (κ2) is 8.07. The number of likely N-dealkylation sites (tertiary alicyclic amines) is 1. The lowest BCUT2D eigenvalue weighted by atomic mass is 10.0. The van der Waals surface area contributed by atoms with Crippen molar-refractivity contribution < 1.29 is 27.5 Å². The SMILES string of the molecule is CC[C@H](c1ccccc1S(=O)(=O)N(F)C1(C(=O)O)[C@@H]2COc3ccccc3[C@H]21)N1CCCC1. The molecule has 5 rings (SSSR count). The topological polar surface area (TPSA) is 87.2 Å². The molecule has 2 heterocycles. The van der Waals surface area contributed by atoms with Crippen molar-refractivity contribution in [2.45, 2.75) is 48.6 Å². The van der Waals surface area contributed by atoms with Crippen LogP contribution >= 0.6 is 0 Å². The van der Waals surface area contributed by atoms with Gasteiger partial charge in [-0.1, -0.05) is 43.3 Å². The molecule has 9 heteroatoms. The number of fused-ring (bicyclic) bond motifs is 3. The highest BCUT2D eigenvalue weighted by Crippen LogP contribution is 2.66. The maximum absolute atomic E-state index is 16.1. The Hall–Kier alpha value is -2.49. The predicted molar refractivity (Wildman–Crippen MR) is 119 cm³/mol. The van der Waals surface area contributed by atoms with Gasteiger partial charge in [-0.15, -0.1) is 4.48 Å². The quantitative estimate of drug-likeness (QED) is 0.616. The molecule has 2 fully saturated rings. The van der Waals surface area contributed by atoms with Crippen molar-refractivity contribution in [2.24, 2.45) is 5.92 Å². The smallest absolute Gasteiger partial charge is 0.329 e. The number of aliphatic carboxylic acids is 1. The maximum Gasteiger partial charge on any atom is 0.329 e. The van der Waals surface area contributed by atoms with E-state index in [9.17, 15) is 18.3 Å². The van der Waals surface area contributed by atoms with E-state index >= 15 is 4.48 Å². The first-order valence-corrected chi connectivity index (χ1v) is 12.8. The van der Waals surface area contributed by atoms with Crippen molar-refractivity contribution in [3.05, 3.63) is 59.7 Å². The fourth-order valence-corrected chi connectivity index (χ4v) is 7.43. The van der Waals surface area contributed by atoms with E-state index in [4.69, 9.17) is 4.74 Å². The van der Waals surface area contributed by atoms with Crippen LogP contribution in [0.25, 0.3) is 0 Å². The highest BCUT2D eigenvalue weighted by atomic mass is 32.2. The van der Waals surface area contributed by atoms with Crippen LogP contribution in [0.3, 0.4) is 0 Å². The molecule has 3 aliphatic rings. The van der Waals surface area contributed by atoms with E-state index in [2.05, 4.69) is 4.90 Å². The third kappa shape index (κ3) is 3.20. The molecular formula is C24H27FN2O5S. The summed E-state index contributed by atoms with van der Waals surface area (Å²) in [6, 6.07) is 13.0. The predicted octanol–water partition coefficient (Wildman–Crippen LogP) is 3.74. The molecule has 2 aliphatic heterocycles. The highest BCUT2D eigenvalue weighted by molar-refractivity contribution is 7.89. The van der Waals surface area contributed by atoms with Crippen LogP contribution in [0.5, 0.6) is 5.75 Å². The van der Waals surface area contributed by atoms with Crippen molar-refractivity contribution >= 4 is 16.0 Å². The first-order valence-electron chi connectivity index (χ1n) is 11.3. The van der Waals surface area contributed by atoms with Gasteiger partial charge >= 0.3 is 5.97 Å². The number of carboxylic acids is 1. The number of hydrogen-bond donors (Lipinski definition) is 1. The Labute approximate surface area is 192 Å². The van der Waals surface area contributed by atoms with Gasteiger partial charge in [-0.05, 0) is 54.6 Å². The molecule has 176 valence electrons. The van der Waals surface area contributed by atoms with Gasteiger partial charge in [-0.3, -0.25) is 9.69 Å². The van der Waals surface area contributed by atoms with E-state index in [1.165, 1.54) is 6.07 Å². The van der Waals surface area contributed by atoms with E-state index in [-0.39, 0.29) is 17.5 Å². The average molecular weight is 475 g/mol. The van der Waals surface area contributed by atoms with Crippen LogP contribution in [0.4, 0.5) is 4.48 Å². The lowest BCUT2D eigenvalue weighted by molar-refractivity contribution is -0.149. The summed E-state index contributed by atoms with van der Waals surface area (Å²) in [6.45, 7) is 3.62. The first kappa shape index (κ1) is 22.3. The minimum absolute atomic E-state index is 0.0586. The van der Waals surface area contributed by atoms with Gasteiger partial charge in [-0.2, -0.15) is 0 Å². The molecule has 0 spiro atoms. The fourth-order valence-electron chi connectivity index (χ4n) is 5.78. The minimum Gasteiger partial charge on any atom is -0.493 e. The standard InChI is InChI=1S/C24H27FN2O5S/c1-2-19(26-13-7-8-14-26)16-9-4-6-12-21(16)33(30,31)27(25)24(23(28)29)18-15-32-20-11-5-3-10-17(20)22(18)24/h3-6,9-12,18-19,22H,2,7-8,13-15H2,1H3,(H,28,29)/t18-,19-,22-,24?/m1/s1. The normalized spacial score (nSPS) is 27.5. The molecule has 1 unspecified atom stereocenters. The lowest BCUT2D eigenvalue weighted by Gasteiger charge is -2.29. The maximum atomic E-state index is 16.1. The van der Waals surface area contributed by atoms with Gasteiger partial charge in [0.15, 0.2) is 5.54 Å². The Bertz CT molecular complexity index is 1180. The molecule has 1 N–H and O–H groups in total. The molecule has 0 aromatic heterocycles. The summed E-state index contributed by atoms with van der Waals surface area (Å²) in [5.74, 6) is -2.66. The van der Waals surface area contributed by atoms with Crippen LogP contribution in [-0.4, -0.2) is 54.2 Å². The summed E-state index contributed by atoms with van der Waals surface area (Å²) in [5, 5.41) is 10.1. The molecule has 0 radical (unpaired) electrons. The number of halogens is 1. The van der Waals surface area contributed by atoms with Gasteiger partial charge in [0.1, 0.15) is 5.75 Å². The van der Waals surface area contributed by atoms with E-state index in [1.807, 2.05) is 6.92 Å². The molecule has 1 saturated heterocycles. The zero-order chi connectivity index (χ0) is 23.4. The molecule has 1 saturated carbocycles. The second-order valence-corrected chi connectivity index (χ2v) is 10.7. The number of hydrogen-bond acceptors (Lipinski definition) is 5. The molecule has 1 aliphatic carbocycles. The Morgan fingerprint density at radius 1 is 1.21 bits per heavy atom. The number of rotatable bonds is 7. The largest absolute Gasteiger partial charge is 0.493 e. The summed E-state index contributed by atoms with van der Waals surface area (Å²) in [4.78, 5) is 14.5. The molecule has 2 aromatic carbocycles. The van der Waals surface area contributed by atoms with Crippen LogP contribution in [0.15, 0.2) is 53.4 Å². The number of ether oxygens (including phenoxy) is 1. The van der Waals surface area contributed by atoms with E-state index < -0.39 is 37.9 Å². The number of nitrogens with zero attached hydrogens (tertiary/aromatic N) is 2. The third-order valence-corrected chi connectivity index (χ3v) is 9.03. The highest BCUT2D eigenvalue weighted by Gasteiger charge is 2.79. The van der Waals surface area contributed by atoms with Crippen molar-refractivity contribution in [2.75, 3.05) is 19.7 Å². The van der Waals surface area contributed by atoms with Crippen molar-refractivity contribution in [3.63, 3.8) is 0 Å². The first-order chi connectivity index (χ1) is 15.8. The molecule has 0 amide bonds. The zero-order valence-corrected chi connectivity index (χ0v) is 19.2. The third-order valence-electron chi connectivity index (χ3n) is 7.37. The molecular weight excluding hydrogens is 447 g/mol. The lowest BCUT2D eigenvalue weighted by Crippen LogP contribution is -2.45. The summed E-state index contributed by atoms with van der Waals surface area (Å²) >= 11 is 0. The van der Waals surface area contributed by atoms with Gasteiger partial charge in [0.25, 0.3) is 10.0 Å². The van der Waals surface area contributed by atoms with Crippen LogP contribution < -0.4 is 4.74 Å². The Balaban J connectivity index is 1.57. The van der Waals surface area contributed by atoms with Crippen molar-refractivity contribution in [3.8, 4) is 5.75 Å². The Morgan fingerprint density at radius 3 is 2.58 bits per heavy atom. The van der Waals surface area contributed by atoms with Crippen LogP contribution in [0, 0.1) is 5.92 Å². The van der Waals surface area contributed by atoms with Gasteiger partial charge in [-0.25, -0.2) is 8.42 Å². The van der Waals surface area contributed by atoms with Gasteiger partial charge in [0, 0.05) is 23.4 Å². The van der Waals surface area contributed by atoms with Crippen molar-refractivity contribution in [1.82, 2.24) is 9.43 Å². The number of carboxylic acid groups (broad SMARTS) is 1. The Kier molecular flexibility index (Phi) is 5.46. The number of benzene rings is 2. The number of sulfonamides is 1. The van der Waals surface area contributed by atoms with Crippen LogP contribution in [-0.2, 0) is 14.8 Å². The summed E-state index contributed by atoms with van der Waals surface area (Å²) in [6.07, 6.45) is 2.73. The van der Waals surface area contributed by atoms with Gasteiger partial charge in [0.2, 0.25) is 0 Å². The minimum atomic E-state index is -4.75. The fraction of sp³-hybridized carbons (Fsp3) is 0.458. The second-order valence-electron chi connectivity index (χ2n) is 8.99. The molecule has 4 atom stereocenters. The van der Waals surface area contributed by atoms with E-state index in [0.29, 0.717) is 23.3 Å². The monoisotopic (exact) mass is 474 g/mol. The molecule has 33 heavy (non-hydrogen) atoms. The molecule has 7 nitrogen and oxygen atoms in total. The van der Waals surface area contributed by atoms with Crippen molar-refractivity contribution in [1.29, 1.82) is 0 Å². The number of carbonyl (C=O) groups is 1.